The number of aromatic carboxylic acids is 1. The number of anilines is 2. The van der Waals surface area contributed by atoms with Gasteiger partial charge in [-0.1, -0.05) is 24.3 Å². The molecule has 0 aliphatic carbocycles. The number of nitrogens with zero attached hydrogens (tertiary/aromatic N) is 4. The molecule has 8 N–H and O–H groups in total. The molecule has 15 heteroatoms. The second-order valence-corrected chi connectivity index (χ2v) is 10.9. The summed E-state index contributed by atoms with van der Waals surface area (Å²) in [5.74, 6) is -2.49. The first-order chi connectivity index (χ1) is 22.6. The SMILES string of the molecule is NC(=O)c1ccccc1N.NC(=O)c1ccccc1NC(=O)c1csc(-c2cccnc2)n1.O=C(O)c1csc(-c2cccnc2)n1. The Hall–Kier alpha value is -6.32. The second-order valence-electron chi connectivity index (χ2n) is 9.18. The van der Waals surface area contributed by atoms with Crippen molar-refractivity contribution in [1.82, 2.24) is 19.9 Å². The number of benzene rings is 2. The van der Waals surface area contributed by atoms with Crippen molar-refractivity contribution in [3.05, 3.63) is 131 Å². The van der Waals surface area contributed by atoms with Gasteiger partial charge in [0.15, 0.2) is 5.69 Å². The van der Waals surface area contributed by atoms with E-state index >= 15 is 0 Å². The third-order valence-corrected chi connectivity index (χ3v) is 7.73. The van der Waals surface area contributed by atoms with Gasteiger partial charge in [-0.2, -0.15) is 0 Å². The molecule has 0 aliphatic rings. The lowest BCUT2D eigenvalue weighted by molar-refractivity contribution is 0.0690. The molecule has 0 unspecified atom stereocenters. The van der Waals surface area contributed by atoms with Crippen LogP contribution < -0.4 is 22.5 Å². The van der Waals surface area contributed by atoms with E-state index in [4.69, 9.17) is 22.3 Å². The number of aromatic nitrogens is 4. The van der Waals surface area contributed by atoms with Crippen molar-refractivity contribution < 1.29 is 24.3 Å². The number of nitrogen functional groups attached to an aromatic ring is 1. The largest absolute Gasteiger partial charge is 0.476 e. The van der Waals surface area contributed by atoms with Crippen molar-refractivity contribution in [3.63, 3.8) is 0 Å². The number of pyridine rings is 2. The van der Waals surface area contributed by atoms with Crippen LogP contribution in [0.15, 0.2) is 108 Å². The molecule has 0 aliphatic heterocycles. The Balaban J connectivity index is 0.000000177. The number of carboxylic acids is 1. The highest BCUT2D eigenvalue weighted by Crippen LogP contribution is 2.24. The summed E-state index contributed by atoms with van der Waals surface area (Å²) in [6.45, 7) is 0. The molecule has 6 rings (SSSR count). The van der Waals surface area contributed by atoms with E-state index in [2.05, 4.69) is 25.3 Å². The molecule has 0 atom stereocenters. The molecule has 0 saturated carbocycles. The molecule has 47 heavy (non-hydrogen) atoms. The van der Waals surface area contributed by atoms with Gasteiger partial charge in [0.1, 0.15) is 15.7 Å². The number of carbonyl (C=O) groups is 4. The summed E-state index contributed by atoms with van der Waals surface area (Å²) < 4.78 is 0. The van der Waals surface area contributed by atoms with Crippen LogP contribution in [0.1, 0.15) is 41.7 Å². The van der Waals surface area contributed by atoms with Crippen LogP contribution in [0.25, 0.3) is 21.1 Å². The van der Waals surface area contributed by atoms with Crippen LogP contribution >= 0.6 is 22.7 Å². The van der Waals surface area contributed by atoms with E-state index in [1.165, 1.54) is 28.1 Å². The highest BCUT2D eigenvalue weighted by Gasteiger charge is 2.15. The zero-order valence-electron chi connectivity index (χ0n) is 24.3. The number of hydrogen-bond acceptors (Lipinski definition) is 11. The Bertz CT molecular complexity index is 2000. The molecule has 4 aromatic heterocycles. The van der Waals surface area contributed by atoms with E-state index in [9.17, 15) is 19.2 Å². The topological polar surface area (TPSA) is 230 Å². The first kappa shape index (κ1) is 33.6. The lowest BCUT2D eigenvalue weighted by Crippen LogP contribution is -2.18. The van der Waals surface area contributed by atoms with Crippen LogP contribution in [-0.4, -0.2) is 48.7 Å². The van der Waals surface area contributed by atoms with Crippen LogP contribution in [0.4, 0.5) is 11.4 Å². The Labute approximate surface area is 275 Å². The number of nitrogens with one attached hydrogen (secondary N) is 1. The number of thiazole rings is 2. The molecule has 0 saturated heterocycles. The minimum absolute atomic E-state index is 0.0776. The molecule has 2 aromatic carbocycles. The maximum Gasteiger partial charge on any atom is 0.355 e. The summed E-state index contributed by atoms with van der Waals surface area (Å²) in [5.41, 5.74) is 19.2. The lowest BCUT2D eigenvalue weighted by Gasteiger charge is -2.07. The zero-order valence-corrected chi connectivity index (χ0v) is 25.9. The van der Waals surface area contributed by atoms with Gasteiger partial charge in [0, 0.05) is 52.4 Å². The Morgan fingerprint density at radius 3 is 1.64 bits per heavy atom. The van der Waals surface area contributed by atoms with Gasteiger partial charge in [-0.25, -0.2) is 14.8 Å². The third kappa shape index (κ3) is 9.34. The van der Waals surface area contributed by atoms with E-state index in [-0.39, 0.29) is 17.0 Å². The fourth-order valence-corrected chi connectivity index (χ4v) is 5.28. The summed E-state index contributed by atoms with van der Waals surface area (Å²) in [6, 6.07) is 20.6. The maximum absolute atomic E-state index is 12.3. The second kappa shape index (κ2) is 16.1. The van der Waals surface area contributed by atoms with Gasteiger partial charge in [-0.15, -0.1) is 22.7 Å². The molecule has 0 radical (unpaired) electrons. The minimum Gasteiger partial charge on any atom is -0.476 e. The molecule has 4 heterocycles. The standard InChI is InChI=1S/C16H12N4O2S.C9H6N2O2S.C7H8N2O/c17-14(21)11-5-1-2-6-12(11)19-15(22)13-9-23-16(20-13)10-4-3-7-18-8-10;12-9(13)7-5-14-8(11-7)6-2-1-3-10-4-6;8-6-4-2-1-3-5(6)7(9)10/h1-9H,(H2,17,21)(H,19,22);1-5H,(H,12,13);1-4H,8H2,(H2,9,10). The van der Waals surface area contributed by atoms with E-state index in [0.29, 0.717) is 27.0 Å². The van der Waals surface area contributed by atoms with Crippen LogP contribution in [-0.2, 0) is 0 Å². The van der Waals surface area contributed by atoms with Crippen LogP contribution in [0.2, 0.25) is 0 Å². The van der Waals surface area contributed by atoms with Gasteiger partial charge in [0.2, 0.25) is 0 Å². The Kier molecular flexibility index (Phi) is 11.5. The molecular formula is C32H26N8O5S2. The van der Waals surface area contributed by atoms with Gasteiger partial charge in [-0.3, -0.25) is 24.4 Å². The fraction of sp³-hybridized carbons (Fsp3) is 0. The number of para-hydroxylation sites is 2. The van der Waals surface area contributed by atoms with Crippen molar-refractivity contribution in [3.8, 4) is 21.1 Å². The molecule has 13 nitrogen and oxygen atoms in total. The average Bonchev–Trinajstić information content (AvgIpc) is 3.78. The average molecular weight is 667 g/mol. The van der Waals surface area contributed by atoms with Crippen molar-refractivity contribution in [1.29, 1.82) is 0 Å². The zero-order chi connectivity index (χ0) is 33.8. The van der Waals surface area contributed by atoms with E-state index in [0.717, 1.165) is 11.1 Å². The number of hydrogen-bond donors (Lipinski definition) is 5. The quantitative estimate of drug-likeness (QED) is 0.146. The predicted octanol–water partition coefficient (Wildman–Crippen LogP) is 4.83. The predicted molar refractivity (Wildman–Crippen MR) is 180 cm³/mol. The van der Waals surface area contributed by atoms with Gasteiger partial charge in [0.05, 0.1) is 16.8 Å². The first-order valence-corrected chi connectivity index (χ1v) is 15.2. The van der Waals surface area contributed by atoms with E-state index in [1.54, 1.807) is 90.8 Å². The first-order valence-electron chi connectivity index (χ1n) is 13.4. The number of rotatable bonds is 7. The van der Waals surface area contributed by atoms with Crippen molar-refractivity contribution in [2.24, 2.45) is 11.5 Å². The number of amides is 3. The smallest absolute Gasteiger partial charge is 0.355 e. The normalized spacial score (nSPS) is 9.96. The van der Waals surface area contributed by atoms with Crippen molar-refractivity contribution in [2.75, 3.05) is 11.1 Å². The van der Waals surface area contributed by atoms with Crippen LogP contribution in [0, 0.1) is 0 Å². The number of carbonyl (C=O) groups excluding carboxylic acids is 3. The molecule has 0 bridgehead atoms. The summed E-state index contributed by atoms with van der Waals surface area (Å²) in [5, 5.41) is 15.9. The molecule has 0 fully saturated rings. The Morgan fingerprint density at radius 2 is 1.17 bits per heavy atom. The summed E-state index contributed by atoms with van der Waals surface area (Å²) in [7, 11) is 0. The van der Waals surface area contributed by atoms with Crippen LogP contribution in [0.5, 0.6) is 0 Å². The minimum atomic E-state index is -1.00. The van der Waals surface area contributed by atoms with Gasteiger partial charge < -0.3 is 27.6 Å². The van der Waals surface area contributed by atoms with Gasteiger partial charge in [-0.05, 0) is 48.5 Å². The lowest BCUT2D eigenvalue weighted by atomic mass is 10.1. The van der Waals surface area contributed by atoms with Crippen molar-refractivity contribution >= 4 is 57.7 Å². The molecule has 6 aromatic rings. The van der Waals surface area contributed by atoms with Crippen molar-refractivity contribution in [2.45, 2.75) is 0 Å². The molecule has 0 spiro atoms. The molecule has 236 valence electrons. The van der Waals surface area contributed by atoms with E-state index in [1.807, 2.05) is 12.1 Å². The fourth-order valence-electron chi connectivity index (χ4n) is 3.71. The molecule has 3 amide bonds. The highest BCUT2D eigenvalue weighted by atomic mass is 32.1. The van der Waals surface area contributed by atoms with E-state index < -0.39 is 23.7 Å². The summed E-state index contributed by atoms with van der Waals surface area (Å²) >= 11 is 2.65. The highest BCUT2D eigenvalue weighted by molar-refractivity contribution is 7.13. The number of nitrogens with two attached hydrogens (primary N) is 3. The van der Waals surface area contributed by atoms with Gasteiger partial charge in [0.25, 0.3) is 17.7 Å². The number of primary amides is 2. The van der Waals surface area contributed by atoms with Gasteiger partial charge >= 0.3 is 5.97 Å². The number of carboxylic acid groups (broad SMARTS) is 1. The monoisotopic (exact) mass is 666 g/mol. The third-order valence-electron chi connectivity index (χ3n) is 5.94. The Morgan fingerprint density at radius 1 is 0.660 bits per heavy atom. The summed E-state index contributed by atoms with van der Waals surface area (Å²) in [4.78, 5) is 61.0. The summed E-state index contributed by atoms with van der Waals surface area (Å²) in [6.07, 6.45) is 6.67. The molecular weight excluding hydrogens is 641 g/mol. The maximum atomic E-state index is 12.3. The van der Waals surface area contributed by atoms with Crippen LogP contribution in [0.3, 0.4) is 0 Å².